The molecule has 1 atom stereocenters. The maximum absolute atomic E-state index is 11.0. The summed E-state index contributed by atoms with van der Waals surface area (Å²) in [7, 11) is 0. The van der Waals surface area contributed by atoms with E-state index < -0.39 is 24.0 Å². The molecule has 0 radical (unpaired) electrons. The molecule has 0 N–H and O–H groups in total. The minimum Gasteiger partial charge on any atom is -0.550 e. The normalized spacial score (nSPS) is 11.4. The van der Waals surface area contributed by atoms with E-state index in [2.05, 4.69) is 6.58 Å². The van der Waals surface area contributed by atoms with E-state index in [1.54, 1.807) is 6.92 Å². The number of aliphatic carboxylic acids is 1. The molecule has 0 saturated carbocycles. The van der Waals surface area contributed by atoms with E-state index in [0.717, 1.165) is 6.08 Å². The van der Waals surface area contributed by atoms with Gasteiger partial charge in [0.15, 0.2) is 0 Å². The van der Waals surface area contributed by atoms with E-state index in [1.165, 1.54) is 0 Å². The molecule has 0 aromatic heterocycles. The summed E-state index contributed by atoms with van der Waals surface area (Å²) >= 11 is 0. The van der Waals surface area contributed by atoms with Crippen molar-refractivity contribution in [3.63, 3.8) is 0 Å². The zero-order chi connectivity index (χ0) is 13.3. The lowest BCUT2D eigenvalue weighted by molar-refractivity contribution is -0.305. The maximum atomic E-state index is 11.0. The molecule has 96 valence electrons. The van der Waals surface area contributed by atoms with Crippen molar-refractivity contribution in [3.8, 4) is 0 Å². The first-order valence-corrected chi connectivity index (χ1v) is 5.18. The van der Waals surface area contributed by atoms with Crippen LogP contribution in [0.1, 0.15) is 26.2 Å². The van der Waals surface area contributed by atoms with Crippen LogP contribution in [0.4, 0.5) is 0 Å². The summed E-state index contributed by atoms with van der Waals surface area (Å²) in [4.78, 5) is 32.0. The molecule has 0 aromatic carbocycles. The maximum Gasteiger partial charge on any atom is 0.330 e. The van der Waals surface area contributed by atoms with Crippen LogP contribution in [0.25, 0.3) is 0 Å². The number of hydrogen-bond donors (Lipinski definition) is 0. The number of carbonyl (C=O) groups is 3. The Balaban J connectivity index is 3.89. The summed E-state index contributed by atoms with van der Waals surface area (Å²) in [6, 6.07) is 0. The molecule has 0 aliphatic carbocycles. The van der Waals surface area contributed by atoms with Crippen molar-refractivity contribution in [2.75, 3.05) is 6.61 Å². The van der Waals surface area contributed by atoms with E-state index in [0.29, 0.717) is 6.42 Å². The topological polar surface area (TPSA) is 92.7 Å². The summed E-state index contributed by atoms with van der Waals surface area (Å²) in [5.74, 6) is -2.57. The van der Waals surface area contributed by atoms with Gasteiger partial charge in [0, 0.05) is 12.0 Å². The lowest BCUT2D eigenvalue weighted by Crippen LogP contribution is -2.26. The first kappa shape index (κ1) is 15.2. The number of ether oxygens (including phenoxy) is 2. The molecule has 17 heavy (non-hydrogen) atoms. The van der Waals surface area contributed by atoms with Gasteiger partial charge in [0.25, 0.3) is 0 Å². The van der Waals surface area contributed by atoms with Gasteiger partial charge in [0.2, 0.25) is 0 Å². The number of esters is 2. The summed E-state index contributed by atoms with van der Waals surface area (Å²) < 4.78 is 9.61. The Kier molecular flexibility index (Phi) is 7.41. The molecular formula is C11H15O6-. The van der Waals surface area contributed by atoms with Gasteiger partial charge in [-0.3, -0.25) is 4.79 Å². The highest BCUT2D eigenvalue weighted by atomic mass is 16.6. The number of carboxylic acids is 1. The monoisotopic (exact) mass is 243 g/mol. The van der Waals surface area contributed by atoms with Gasteiger partial charge in [-0.1, -0.05) is 13.5 Å². The Morgan fingerprint density at radius 1 is 1.35 bits per heavy atom. The number of carboxylic acid groups (broad SMARTS) is 1. The average molecular weight is 243 g/mol. The Hall–Kier alpha value is -1.85. The van der Waals surface area contributed by atoms with Crippen LogP contribution >= 0.6 is 0 Å². The molecular weight excluding hydrogens is 228 g/mol. The van der Waals surface area contributed by atoms with E-state index in [1.807, 2.05) is 0 Å². The van der Waals surface area contributed by atoms with Crippen molar-refractivity contribution < 1.29 is 29.0 Å². The molecule has 0 amide bonds. The molecule has 0 fully saturated rings. The molecule has 0 rings (SSSR count). The van der Waals surface area contributed by atoms with Crippen LogP contribution in [0.2, 0.25) is 0 Å². The highest BCUT2D eigenvalue weighted by Gasteiger charge is 2.13. The molecule has 0 spiro atoms. The number of rotatable bonds is 8. The van der Waals surface area contributed by atoms with Crippen molar-refractivity contribution in [3.05, 3.63) is 12.7 Å². The Bertz CT molecular complexity index is 296. The molecule has 0 aliphatic heterocycles. The molecule has 0 saturated heterocycles. The summed E-state index contributed by atoms with van der Waals surface area (Å²) in [5, 5.41) is 10.1. The van der Waals surface area contributed by atoms with E-state index in [9.17, 15) is 19.5 Å². The van der Waals surface area contributed by atoms with E-state index >= 15 is 0 Å². The van der Waals surface area contributed by atoms with Crippen molar-refractivity contribution in [2.24, 2.45) is 0 Å². The molecule has 0 aliphatic rings. The standard InChI is InChI=1S/C11H16O6/c1-3-8(17-10(14)4-2)7-16-11(15)6-5-9(12)13/h4,8H,2-3,5-7H2,1H3,(H,12,13)/p-1. The molecule has 0 bridgehead atoms. The van der Waals surface area contributed by atoms with Crippen LogP contribution in [0.3, 0.4) is 0 Å². The summed E-state index contributed by atoms with van der Waals surface area (Å²) in [6.45, 7) is 4.90. The highest BCUT2D eigenvalue weighted by molar-refractivity contribution is 5.81. The van der Waals surface area contributed by atoms with Crippen LogP contribution in [-0.2, 0) is 23.9 Å². The van der Waals surface area contributed by atoms with Gasteiger partial charge in [0.05, 0.1) is 6.42 Å². The second-order valence-electron chi connectivity index (χ2n) is 3.23. The third kappa shape index (κ3) is 8.01. The largest absolute Gasteiger partial charge is 0.550 e. The van der Waals surface area contributed by atoms with Gasteiger partial charge in [-0.2, -0.15) is 0 Å². The minimum absolute atomic E-state index is 0.0953. The predicted octanol–water partition coefficient (Wildman–Crippen LogP) is -0.432. The third-order valence-electron chi connectivity index (χ3n) is 1.87. The second-order valence-corrected chi connectivity index (χ2v) is 3.23. The Labute approximate surface area is 99.2 Å². The van der Waals surface area contributed by atoms with Gasteiger partial charge < -0.3 is 19.4 Å². The fraction of sp³-hybridized carbons (Fsp3) is 0.545. The Morgan fingerprint density at radius 3 is 2.47 bits per heavy atom. The van der Waals surface area contributed by atoms with Gasteiger partial charge in [-0.05, 0) is 12.8 Å². The van der Waals surface area contributed by atoms with Crippen LogP contribution in [-0.4, -0.2) is 30.6 Å². The van der Waals surface area contributed by atoms with Crippen LogP contribution in [0, 0.1) is 0 Å². The highest BCUT2D eigenvalue weighted by Crippen LogP contribution is 2.02. The van der Waals surface area contributed by atoms with Crippen LogP contribution in [0.5, 0.6) is 0 Å². The smallest absolute Gasteiger partial charge is 0.330 e. The Morgan fingerprint density at radius 2 is 2.00 bits per heavy atom. The zero-order valence-electron chi connectivity index (χ0n) is 9.64. The lowest BCUT2D eigenvalue weighted by Gasteiger charge is -2.15. The van der Waals surface area contributed by atoms with Crippen LogP contribution in [0.15, 0.2) is 12.7 Å². The van der Waals surface area contributed by atoms with Gasteiger partial charge in [-0.15, -0.1) is 0 Å². The van der Waals surface area contributed by atoms with Gasteiger partial charge in [-0.25, -0.2) is 4.79 Å². The molecule has 0 aromatic rings. The predicted molar refractivity (Wildman–Crippen MR) is 55.6 cm³/mol. The lowest BCUT2D eigenvalue weighted by atomic mass is 10.3. The SMILES string of the molecule is C=CC(=O)OC(CC)COC(=O)CCC(=O)[O-]. The molecule has 6 nitrogen and oxygen atoms in total. The minimum atomic E-state index is -1.31. The first-order chi connectivity index (χ1) is 7.99. The second kappa shape index (κ2) is 8.32. The summed E-state index contributed by atoms with van der Waals surface area (Å²) in [6.07, 6.45) is 0.303. The van der Waals surface area contributed by atoms with E-state index in [4.69, 9.17) is 9.47 Å². The van der Waals surface area contributed by atoms with Crippen molar-refractivity contribution in [1.29, 1.82) is 0 Å². The first-order valence-electron chi connectivity index (χ1n) is 5.18. The fourth-order valence-corrected chi connectivity index (χ4v) is 0.910. The average Bonchev–Trinajstić information content (AvgIpc) is 2.31. The molecule has 6 heteroatoms. The van der Waals surface area contributed by atoms with Crippen molar-refractivity contribution >= 4 is 17.9 Å². The van der Waals surface area contributed by atoms with E-state index in [-0.39, 0.29) is 19.4 Å². The number of hydrogen-bond acceptors (Lipinski definition) is 6. The van der Waals surface area contributed by atoms with Crippen molar-refractivity contribution in [1.82, 2.24) is 0 Å². The quantitative estimate of drug-likeness (QED) is 0.424. The fourth-order valence-electron chi connectivity index (χ4n) is 0.910. The van der Waals surface area contributed by atoms with Gasteiger partial charge in [0.1, 0.15) is 12.7 Å². The molecule has 0 heterocycles. The van der Waals surface area contributed by atoms with Crippen LogP contribution < -0.4 is 5.11 Å². The summed E-state index contributed by atoms with van der Waals surface area (Å²) in [5.41, 5.74) is 0. The zero-order valence-corrected chi connectivity index (χ0v) is 9.64. The van der Waals surface area contributed by atoms with Gasteiger partial charge >= 0.3 is 11.9 Å². The third-order valence-corrected chi connectivity index (χ3v) is 1.87. The molecule has 1 unspecified atom stereocenters. The van der Waals surface area contributed by atoms with Crippen molar-refractivity contribution in [2.45, 2.75) is 32.3 Å². The number of carbonyl (C=O) groups excluding carboxylic acids is 3.